The second-order valence-electron chi connectivity index (χ2n) is 31.4. The van der Waals surface area contributed by atoms with Crippen LogP contribution in [0.15, 0.2) is 267 Å². The van der Waals surface area contributed by atoms with Gasteiger partial charge in [-0.15, -0.1) is 50.6 Å². The number of rotatable bonds is 28. The van der Waals surface area contributed by atoms with E-state index in [0.717, 1.165) is 68.0 Å². The van der Waals surface area contributed by atoms with Gasteiger partial charge in [0.2, 0.25) is 47.5 Å². The van der Waals surface area contributed by atoms with Crippen LogP contribution in [0.1, 0.15) is 49.3 Å². The smallest absolute Gasteiger partial charge is 0.416 e. The van der Waals surface area contributed by atoms with Crippen LogP contribution in [0.25, 0.3) is 55.2 Å². The summed E-state index contributed by atoms with van der Waals surface area (Å²) in [6.45, 7) is 3.32. The third kappa shape index (κ3) is 28.2. The van der Waals surface area contributed by atoms with Crippen LogP contribution >= 0.6 is 79.6 Å². The van der Waals surface area contributed by atoms with E-state index in [1.165, 1.54) is 4.90 Å². The lowest BCUT2D eigenvalue weighted by Crippen LogP contribution is -2.39. The predicted octanol–water partition coefficient (Wildman–Crippen LogP) is 13.7. The van der Waals surface area contributed by atoms with E-state index in [1.54, 1.807) is 191 Å². The topological polar surface area (TPSA) is 623 Å². The molecule has 5 aliphatic heterocycles. The maximum atomic E-state index is 13.0. The Kier molecular flexibility index (Phi) is 36.2. The third-order valence-electron chi connectivity index (χ3n) is 21.9. The summed E-state index contributed by atoms with van der Waals surface area (Å²) >= 11 is 17.7. The number of hydrogen-bond donors (Lipinski definition) is 5. The van der Waals surface area contributed by atoms with Crippen molar-refractivity contribution in [2.24, 2.45) is 25.0 Å². The van der Waals surface area contributed by atoms with Crippen molar-refractivity contribution < 1.29 is 78.3 Å². The third-order valence-corrected chi connectivity index (χ3v) is 25.9. The lowest BCUT2D eigenvalue weighted by atomic mass is 10.0. The molecular formula is C93H79Br5N30O21. The number of aromatic nitrogens is 10. The van der Waals surface area contributed by atoms with Crippen molar-refractivity contribution in [1.82, 2.24) is 74.3 Å². The van der Waals surface area contributed by atoms with Crippen molar-refractivity contribution in [3.05, 3.63) is 337 Å². The molecular weight excluding hydrogens is 2270 g/mol. The molecule has 149 heavy (non-hydrogen) atoms. The Morgan fingerprint density at radius 1 is 0.295 bits per heavy atom. The van der Waals surface area contributed by atoms with Crippen LogP contribution < -0.4 is 26.6 Å². The quantitative estimate of drug-likeness (QED) is 0.0173. The number of ether oxygens (including phenoxy) is 1. The molecule has 9 aromatic carbocycles. The molecule has 0 atom stereocenters. The molecule has 0 unspecified atom stereocenters. The summed E-state index contributed by atoms with van der Waals surface area (Å²) in [5.74, 6) is 1.49. The highest BCUT2D eigenvalue weighted by Gasteiger charge is 2.33. The minimum atomic E-state index is -0.946. The number of anilines is 5. The van der Waals surface area contributed by atoms with E-state index < -0.39 is 31.5 Å². The highest BCUT2D eigenvalue weighted by Crippen LogP contribution is 2.36. The number of halogens is 5. The van der Waals surface area contributed by atoms with Gasteiger partial charge in [0.25, 0.3) is 31.3 Å². The van der Waals surface area contributed by atoms with Gasteiger partial charge >= 0.3 is 6.09 Å². The summed E-state index contributed by atoms with van der Waals surface area (Å²) in [6, 6.07) is 45.7. The van der Waals surface area contributed by atoms with Gasteiger partial charge in [0, 0.05) is 93.7 Å². The first-order valence-corrected chi connectivity index (χ1v) is 48.5. The maximum absolute atomic E-state index is 13.0. The fourth-order valence-electron chi connectivity index (χ4n) is 14.9. The monoisotopic (exact) mass is 2350 g/mol. The van der Waals surface area contributed by atoms with E-state index in [4.69, 9.17) is 4.74 Å². The Balaban J connectivity index is 0.000000140. The molecule has 762 valence electrons. The van der Waals surface area contributed by atoms with Gasteiger partial charge in [0.05, 0.1) is 137 Å². The first kappa shape index (κ1) is 106. The summed E-state index contributed by atoms with van der Waals surface area (Å²) in [7, 11) is 0. The zero-order chi connectivity index (χ0) is 105. The van der Waals surface area contributed by atoms with Crippen LogP contribution in [-0.2, 0) is 89.0 Å². The van der Waals surface area contributed by atoms with Crippen molar-refractivity contribution in [2.75, 3.05) is 105 Å². The normalized spacial score (nSPS) is 13.2. The van der Waals surface area contributed by atoms with Gasteiger partial charge in [-0.25, -0.2) is 9.69 Å². The minimum absolute atomic E-state index is 0.0717. The Bertz CT molecular complexity index is 7610. The van der Waals surface area contributed by atoms with Crippen LogP contribution in [0.3, 0.4) is 0 Å². The van der Waals surface area contributed by atoms with E-state index in [9.17, 15) is 74.5 Å². The number of carbonyl (C=O) groups is 5. The number of carbonyl (C=O) groups excluding carboxylic acids is 5. The van der Waals surface area contributed by atoms with Crippen LogP contribution in [0.5, 0.6) is 0 Å². The number of guanidine groups is 5. The fraction of sp³-hybridized carbons (Fsp3) is 0.204. The first-order valence-electron chi connectivity index (χ1n) is 44.5. The number of fused-ring (bicyclic) bond motifs is 5. The number of aliphatic imine (C=N–C) groups is 5. The lowest BCUT2D eigenvalue weighted by molar-refractivity contribution is -0.763. The standard InChI is InChI=1S/3C20H17BrN6O4.C19H15BrN6O4.C14H13BrN6O5/c21-18-15(5-6-16-19(18)23-8-7-22-16)25-20-24-9-10-26(20)17(28)11-13-1-3-14(4-2-13)12-31-27(29)30;21-18-15(4-5-16-19(18)23-7-6-22-16)25-20-24-8-9-26(20)17(28)11-13-2-1-3-14(10-13)12-31-27(29)30;21-18-15(5-6-16-19(18)23-8-7-22-16)25-20-24-9-10-26(20)17(28)11-13-3-1-2-4-14(13)12-31-27(29)30;20-16-14(5-6-15-17(16)22-8-7-21-15)24-19-23-9-10-25(19)18(27)13-3-1-12(2-4-13)11-30-26(28)29;15-11-9(1-2-10-12(11)17-4-3-16-10)19-13-18-5-6-20(13)14(22)25-7-8-26-21(23)24/h1-8H,9-12H2,(H,24,25);1-7,10H,8-9,11-12H2,(H,24,25);1-8H,9-12H2,(H,24,25);1-8H,9-11H2,(H,23,24);1-4H,5-8H2,(H,18,19). The van der Waals surface area contributed by atoms with Crippen LogP contribution in [0, 0.1) is 50.6 Å². The molecule has 5 aromatic heterocycles. The molecule has 14 aromatic rings. The summed E-state index contributed by atoms with van der Waals surface area (Å²) in [4.78, 5) is 210. The highest BCUT2D eigenvalue weighted by atomic mass is 79.9. The predicted molar refractivity (Wildman–Crippen MR) is 557 cm³/mol. The summed E-state index contributed by atoms with van der Waals surface area (Å²) in [6.07, 6.45) is 15.9. The molecule has 0 aliphatic carbocycles. The number of nitrogens with zero attached hydrogens (tertiary/aromatic N) is 25. The average molecular weight is 2350 g/mol. The summed E-state index contributed by atoms with van der Waals surface area (Å²) in [5.41, 5.74) is 15.9. The van der Waals surface area contributed by atoms with E-state index >= 15 is 0 Å². The number of amides is 5. The SMILES string of the molecule is O=C(Cc1ccc(CO[N+](=O)[O-])cc1)N1CCN=C1Nc1ccc2nccnc2c1Br.O=C(Cc1cccc(CO[N+](=O)[O-])c1)N1CCN=C1Nc1ccc2nccnc2c1Br.O=C(Cc1ccccc1CO[N+](=O)[O-])N1CCN=C1Nc1ccc2nccnc2c1Br.O=C(OCCO[N+](=O)[O-])N1CCN=C1Nc1ccc2nccnc2c1Br.O=C(c1ccc(CO[N+](=O)[O-])cc1)N1CCN=C1Nc1ccc2nccnc2c1Br. The summed E-state index contributed by atoms with van der Waals surface area (Å²) in [5, 5.41) is 63.1. The van der Waals surface area contributed by atoms with Gasteiger partial charge in [0.1, 0.15) is 67.2 Å². The van der Waals surface area contributed by atoms with Gasteiger partial charge in [-0.05, 0) is 191 Å². The second-order valence-corrected chi connectivity index (χ2v) is 35.4. The molecule has 5 aliphatic rings. The molecule has 5 N–H and O–H groups in total. The molecule has 0 saturated carbocycles. The number of benzene rings is 9. The molecule has 0 bridgehead atoms. The molecule has 51 nitrogen and oxygen atoms in total. The molecule has 10 heterocycles. The first-order chi connectivity index (χ1) is 72.1. The van der Waals surface area contributed by atoms with Crippen molar-refractivity contribution >= 4 is 223 Å². The molecule has 56 heteroatoms. The lowest BCUT2D eigenvalue weighted by Gasteiger charge is -2.21. The van der Waals surface area contributed by atoms with Gasteiger partial charge in [-0.3, -0.25) is 114 Å². The summed E-state index contributed by atoms with van der Waals surface area (Å²) < 4.78 is 8.56. The Labute approximate surface area is 882 Å². The maximum Gasteiger partial charge on any atom is 0.416 e. The highest BCUT2D eigenvalue weighted by molar-refractivity contribution is 9.11. The Hall–Kier alpha value is -17.4. The molecule has 0 saturated heterocycles. The van der Waals surface area contributed by atoms with Gasteiger partial charge in [0.15, 0.2) is 0 Å². The number of hydrogen-bond acceptors (Lipinski definition) is 41. The van der Waals surface area contributed by atoms with Gasteiger partial charge in [-0.2, -0.15) is 0 Å². The molecule has 0 fully saturated rings. The largest absolute Gasteiger partial charge is 0.447 e. The Morgan fingerprint density at radius 3 is 0.966 bits per heavy atom. The average Bonchev–Trinajstić information content (AvgIpc) is 1.80. The minimum Gasteiger partial charge on any atom is -0.447 e. The van der Waals surface area contributed by atoms with Crippen LogP contribution in [0.4, 0.5) is 33.2 Å². The van der Waals surface area contributed by atoms with E-state index in [1.807, 2.05) is 48.5 Å². The van der Waals surface area contributed by atoms with E-state index in [-0.39, 0.29) is 82.5 Å². The van der Waals surface area contributed by atoms with Gasteiger partial charge < -0.3 is 55.5 Å². The van der Waals surface area contributed by atoms with Gasteiger partial charge in [-0.1, -0.05) is 84.9 Å². The molecule has 0 spiro atoms. The zero-order valence-electron chi connectivity index (χ0n) is 77.4. The van der Waals surface area contributed by atoms with E-state index in [2.05, 4.69) is 205 Å². The fourth-order valence-corrected chi connectivity index (χ4v) is 17.6. The van der Waals surface area contributed by atoms with Crippen LogP contribution in [-0.4, -0.2) is 238 Å². The van der Waals surface area contributed by atoms with Crippen molar-refractivity contribution in [3.63, 3.8) is 0 Å². The zero-order valence-corrected chi connectivity index (χ0v) is 85.3. The number of nitrogens with one attached hydrogen (secondary N) is 5. The van der Waals surface area contributed by atoms with Crippen molar-refractivity contribution in [3.8, 4) is 0 Å². The van der Waals surface area contributed by atoms with E-state index in [0.29, 0.717) is 178 Å². The van der Waals surface area contributed by atoms with Crippen LogP contribution in [0.2, 0.25) is 0 Å². The molecule has 5 amide bonds. The second kappa shape index (κ2) is 50.9. The Morgan fingerprint density at radius 2 is 0.591 bits per heavy atom. The van der Waals surface area contributed by atoms with Crippen molar-refractivity contribution in [2.45, 2.75) is 45.7 Å². The van der Waals surface area contributed by atoms with Crippen molar-refractivity contribution in [1.29, 1.82) is 0 Å². The molecule has 19 rings (SSSR count). The molecule has 0 radical (unpaired) electrons.